The Morgan fingerprint density at radius 2 is 1.73 bits per heavy atom. The van der Waals surface area contributed by atoms with Crippen LogP contribution in [-0.2, 0) is 16.2 Å². The minimum Gasteiger partial charge on any atom is -0.508 e. The van der Waals surface area contributed by atoms with Crippen LogP contribution in [0.2, 0.25) is 0 Å². The van der Waals surface area contributed by atoms with E-state index in [0.29, 0.717) is 36.4 Å². The van der Waals surface area contributed by atoms with E-state index in [0.717, 1.165) is 17.7 Å². The molecule has 0 bridgehead atoms. The number of aromatic hydroxyl groups is 1. The molecular formula is C30H32N2O5. The number of nitrogens with zero attached hydrogens (tertiary/aromatic N) is 2. The summed E-state index contributed by atoms with van der Waals surface area (Å²) >= 11 is 0. The van der Waals surface area contributed by atoms with Gasteiger partial charge in [-0.15, -0.1) is 0 Å². The maximum atomic E-state index is 13.1. The molecule has 37 heavy (non-hydrogen) atoms. The number of phenols is 1. The average molecular weight is 501 g/mol. The molecule has 0 spiro atoms. The van der Waals surface area contributed by atoms with Crippen LogP contribution in [0.1, 0.15) is 34.7 Å². The van der Waals surface area contributed by atoms with E-state index in [1.165, 1.54) is 17.0 Å². The highest BCUT2D eigenvalue weighted by Crippen LogP contribution is 2.40. The highest BCUT2D eigenvalue weighted by atomic mass is 16.5. The van der Waals surface area contributed by atoms with Crippen LogP contribution in [0.5, 0.6) is 11.5 Å². The molecule has 0 aromatic heterocycles. The van der Waals surface area contributed by atoms with Crippen molar-refractivity contribution in [3.8, 4) is 11.5 Å². The molecule has 3 aromatic carbocycles. The summed E-state index contributed by atoms with van der Waals surface area (Å²) in [6, 6.07) is 20.5. The molecule has 2 N–H and O–H groups in total. The molecular weight excluding hydrogens is 468 g/mol. The van der Waals surface area contributed by atoms with E-state index < -0.39 is 17.7 Å². The lowest BCUT2D eigenvalue weighted by Gasteiger charge is -2.26. The van der Waals surface area contributed by atoms with Crippen LogP contribution in [0.15, 0.2) is 78.4 Å². The number of carbonyl (C=O) groups excluding carboxylic acids is 2. The monoisotopic (exact) mass is 500 g/mol. The molecule has 7 heteroatoms. The number of Topliss-reactive ketones (excluding diaryl/α,β-unsaturated/α-hetero) is 1. The molecule has 0 radical (unpaired) electrons. The normalized spacial score (nSPS) is 17.0. The van der Waals surface area contributed by atoms with Crippen LogP contribution in [-0.4, -0.2) is 58.9 Å². The van der Waals surface area contributed by atoms with Crippen molar-refractivity contribution in [1.29, 1.82) is 0 Å². The average Bonchev–Trinajstić information content (AvgIpc) is 3.12. The van der Waals surface area contributed by atoms with Gasteiger partial charge in [-0.05, 0) is 81.5 Å². The molecule has 1 amide bonds. The number of amides is 1. The van der Waals surface area contributed by atoms with E-state index >= 15 is 0 Å². The molecule has 0 aliphatic carbocycles. The number of likely N-dealkylation sites (tertiary alicyclic amines) is 1. The largest absolute Gasteiger partial charge is 0.508 e. The van der Waals surface area contributed by atoms with Crippen molar-refractivity contribution >= 4 is 17.4 Å². The lowest BCUT2D eigenvalue weighted by atomic mass is 9.95. The number of ether oxygens (including phenoxy) is 1. The molecule has 7 nitrogen and oxygen atoms in total. The van der Waals surface area contributed by atoms with Gasteiger partial charge in [0, 0.05) is 12.1 Å². The molecule has 1 unspecified atom stereocenters. The van der Waals surface area contributed by atoms with Gasteiger partial charge in [0.25, 0.3) is 11.7 Å². The van der Waals surface area contributed by atoms with E-state index in [2.05, 4.69) is 6.07 Å². The number of hydrogen-bond donors (Lipinski definition) is 2. The van der Waals surface area contributed by atoms with Gasteiger partial charge < -0.3 is 24.7 Å². The van der Waals surface area contributed by atoms with Crippen LogP contribution < -0.4 is 4.74 Å². The van der Waals surface area contributed by atoms with Crippen molar-refractivity contribution in [2.75, 3.05) is 27.2 Å². The number of rotatable bonds is 9. The highest BCUT2D eigenvalue weighted by molar-refractivity contribution is 6.46. The van der Waals surface area contributed by atoms with E-state index in [4.69, 9.17) is 4.74 Å². The van der Waals surface area contributed by atoms with Crippen LogP contribution >= 0.6 is 0 Å². The van der Waals surface area contributed by atoms with Crippen LogP contribution in [0.25, 0.3) is 5.76 Å². The summed E-state index contributed by atoms with van der Waals surface area (Å²) < 4.78 is 5.87. The van der Waals surface area contributed by atoms with Crippen LogP contribution in [0, 0.1) is 6.92 Å². The molecule has 1 aliphatic heterocycles. The first-order valence-corrected chi connectivity index (χ1v) is 12.3. The fraction of sp³-hybridized carbons (Fsp3) is 0.267. The number of hydrogen-bond acceptors (Lipinski definition) is 6. The Balaban J connectivity index is 1.63. The van der Waals surface area contributed by atoms with Crippen molar-refractivity contribution in [1.82, 2.24) is 9.80 Å². The van der Waals surface area contributed by atoms with Crippen molar-refractivity contribution in [3.05, 3.63) is 101 Å². The van der Waals surface area contributed by atoms with Gasteiger partial charge in [0.1, 0.15) is 23.9 Å². The second kappa shape index (κ2) is 11.3. The van der Waals surface area contributed by atoms with Crippen molar-refractivity contribution in [2.45, 2.75) is 26.0 Å². The number of aliphatic hydroxyl groups is 1. The lowest BCUT2D eigenvalue weighted by molar-refractivity contribution is -0.139. The van der Waals surface area contributed by atoms with Crippen LogP contribution in [0.3, 0.4) is 0 Å². The summed E-state index contributed by atoms with van der Waals surface area (Å²) in [5.74, 6) is -1.02. The molecule has 1 saturated heterocycles. The number of benzene rings is 3. The Bertz CT molecular complexity index is 1310. The van der Waals surface area contributed by atoms with Crippen molar-refractivity contribution < 1.29 is 24.5 Å². The van der Waals surface area contributed by atoms with E-state index in [1.807, 2.05) is 44.1 Å². The molecule has 1 aliphatic rings. The van der Waals surface area contributed by atoms with Gasteiger partial charge in [0.15, 0.2) is 0 Å². The van der Waals surface area contributed by atoms with E-state index in [1.54, 1.807) is 36.4 Å². The third-order valence-corrected chi connectivity index (χ3v) is 6.35. The highest BCUT2D eigenvalue weighted by Gasteiger charge is 2.45. The Morgan fingerprint density at radius 3 is 2.41 bits per heavy atom. The number of phenolic OH excluding ortho intramolecular Hbond substituents is 1. The van der Waals surface area contributed by atoms with Gasteiger partial charge >= 0.3 is 0 Å². The third-order valence-electron chi connectivity index (χ3n) is 6.35. The first-order valence-electron chi connectivity index (χ1n) is 12.3. The van der Waals surface area contributed by atoms with Gasteiger partial charge in [0.05, 0.1) is 11.6 Å². The standard InChI is InChI=1S/C30H32N2O5/c1-20-7-4-8-21(17-20)19-37-25-13-11-22(12-14-25)28(34)26-27(23-9-5-10-24(33)18-23)32(30(36)29(26)35)16-6-15-31(2)3/h4-5,7-14,17-18,27,33-34H,6,15-16,19H2,1-3H3. The van der Waals surface area contributed by atoms with E-state index in [9.17, 15) is 19.8 Å². The summed E-state index contributed by atoms with van der Waals surface area (Å²) in [6.07, 6.45) is 0.655. The predicted octanol–water partition coefficient (Wildman–Crippen LogP) is 4.65. The number of carbonyl (C=O) groups is 2. The molecule has 4 rings (SSSR count). The fourth-order valence-corrected chi connectivity index (χ4v) is 4.54. The first-order chi connectivity index (χ1) is 17.7. The molecule has 192 valence electrons. The molecule has 0 saturated carbocycles. The number of aliphatic hydroxyl groups excluding tert-OH is 1. The van der Waals surface area contributed by atoms with Gasteiger partial charge in [-0.2, -0.15) is 0 Å². The fourth-order valence-electron chi connectivity index (χ4n) is 4.54. The molecule has 1 heterocycles. The molecule has 3 aromatic rings. The number of aryl methyl sites for hydroxylation is 1. The zero-order valence-electron chi connectivity index (χ0n) is 21.3. The maximum absolute atomic E-state index is 13.1. The lowest BCUT2D eigenvalue weighted by Crippen LogP contribution is -2.32. The minimum absolute atomic E-state index is 0.00822. The van der Waals surface area contributed by atoms with Gasteiger partial charge in [-0.25, -0.2) is 0 Å². The summed E-state index contributed by atoms with van der Waals surface area (Å²) in [7, 11) is 3.88. The van der Waals surface area contributed by atoms with Gasteiger partial charge in [-0.3, -0.25) is 9.59 Å². The summed E-state index contributed by atoms with van der Waals surface area (Å²) in [5, 5.41) is 21.3. The predicted molar refractivity (Wildman–Crippen MR) is 142 cm³/mol. The smallest absolute Gasteiger partial charge is 0.295 e. The zero-order valence-corrected chi connectivity index (χ0v) is 21.3. The SMILES string of the molecule is Cc1cccc(COc2ccc(C(O)=C3C(=O)C(=O)N(CCCN(C)C)C3c3cccc(O)c3)cc2)c1. The Morgan fingerprint density at radius 1 is 1.00 bits per heavy atom. The third kappa shape index (κ3) is 6.01. The summed E-state index contributed by atoms with van der Waals surface area (Å²) in [5.41, 5.74) is 3.17. The topological polar surface area (TPSA) is 90.3 Å². The minimum atomic E-state index is -0.800. The van der Waals surface area contributed by atoms with Crippen molar-refractivity contribution in [3.63, 3.8) is 0 Å². The van der Waals surface area contributed by atoms with Gasteiger partial charge in [-0.1, -0.05) is 42.0 Å². The summed E-state index contributed by atoms with van der Waals surface area (Å²) in [4.78, 5) is 29.7. The van der Waals surface area contributed by atoms with Crippen molar-refractivity contribution in [2.24, 2.45) is 0 Å². The number of ketones is 1. The zero-order chi connectivity index (χ0) is 26.5. The summed E-state index contributed by atoms with van der Waals surface area (Å²) in [6.45, 7) is 3.50. The Labute approximate surface area is 217 Å². The van der Waals surface area contributed by atoms with E-state index in [-0.39, 0.29) is 17.1 Å². The quantitative estimate of drug-likeness (QED) is 0.253. The van der Waals surface area contributed by atoms with Crippen LogP contribution in [0.4, 0.5) is 0 Å². The maximum Gasteiger partial charge on any atom is 0.295 e. The second-order valence-electron chi connectivity index (χ2n) is 9.55. The molecule has 1 fully saturated rings. The Hall–Kier alpha value is -4.10. The Kier molecular flexibility index (Phi) is 7.94. The molecule has 1 atom stereocenters. The van der Waals surface area contributed by atoms with Gasteiger partial charge in [0.2, 0.25) is 0 Å². The first kappa shape index (κ1) is 26.0. The second-order valence-corrected chi connectivity index (χ2v) is 9.55.